The summed E-state index contributed by atoms with van der Waals surface area (Å²) in [6, 6.07) is 9.20. The maximum absolute atomic E-state index is 2.50. The molecule has 0 aromatic rings. The summed E-state index contributed by atoms with van der Waals surface area (Å²) in [7, 11) is 0. The predicted octanol–water partition coefficient (Wildman–Crippen LogP) is 22.9. The first-order valence-electron chi connectivity index (χ1n) is 43.3. The fourth-order valence-electron chi connectivity index (χ4n) is 26.8. The van der Waals surface area contributed by atoms with Gasteiger partial charge in [0.2, 0.25) is 0 Å². The van der Waals surface area contributed by atoms with Crippen LogP contribution in [0.3, 0.4) is 0 Å². The molecule has 0 bridgehead atoms. The Morgan fingerprint density at radius 1 is 0.188 bits per heavy atom. The Morgan fingerprint density at radius 3 is 0.970 bits per heavy atom. The Morgan fingerprint density at radius 2 is 0.525 bits per heavy atom. The van der Waals surface area contributed by atoms with E-state index < -0.39 is 0 Å². The third-order valence-electron chi connectivity index (χ3n) is 35.3. The largest absolute Gasteiger partial charge is 0.358 e. The second kappa shape index (κ2) is 41.7. The molecule has 22 atom stereocenters. The summed E-state index contributed by atoms with van der Waals surface area (Å²) >= 11 is 0. The molecule has 7 spiro atoms. The third kappa shape index (κ3) is 21.2. The lowest BCUT2D eigenvalue weighted by molar-refractivity contribution is -0.971. The van der Waals surface area contributed by atoms with Crippen molar-refractivity contribution in [1.29, 1.82) is 0 Å². The summed E-state index contributed by atoms with van der Waals surface area (Å²) in [6.07, 6.45) is 30.8. The number of hydrogen-bond acceptors (Lipinski definition) is 0. The summed E-state index contributed by atoms with van der Waals surface area (Å²) in [4.78, 5) is 0. The normalized spacial score (nSPS) is 42.3. The zero-order chi connectivity index (χ0) is 68.9. The van der Waals surface area contributed by atoms with Gasteiger partial charge >= 0.3 is 0 Å². The summed E-state index contributed by atoms with van der Waals surface area (Å²) in [5.74, 6) is 13.2. The fraction of sp³-hybridized carbons (Fsp3) is 0.926. The molecule has 14 aliphatic rings. The number of rotatable bonds is 0. The van der Waals surface area contributed by atoms with Gasteiger partial charge in [-0.3, -0.25) is 0 Å². The van der Waals surface area contributed by atoms with E-state index in [1.807, 2.05) is 0 Å². The van der Waals surface area contributed by atoms with Crippen molar-refractivity contribution in [2.45, 2.75) is 361 Å². The molecule has 14 heterocycles. The minimum absolute atomic E-state index is 0. The first-order valence-corrected chi connectivity index (χ1v) is 43.3. The highest BCUT2D eigenvalue weighted by Gasteiger charge is 2.54. The smallest absolute Gasteiger partial charge is 0.0892 e. The van der Waals surface area contributed by atoms with E-state index in [1.165, 1.54) is 284 Å². The van der Waals surface area contributed by atoms with E-state index in [-0.39, 0.29) is 52.0 Å². The number of quaternary nitrogens is 7. The number of piperidine rings is 7. The Bertz CT molecular complexity index is 2160. The molecule has 606 valence electrons. The average molecular weight is 1420 g/mol. The topological polar surface area (TPSA) is 0 Å². The molecule has 22 unspecified atom stereocenters. The first kappa shape index (κ1) is 98.7. The van der Waals surface area contributed by atoms with Crippen LogP contribution in [-0.2, 0) is 0 Å². The van der Waals surface area contributed by atoms with Crippen molar-refractivity contribution in [2.75, 3.05) is 118 Å². The monoisotopic (exact) mass is 1420 g/mol. The molecular weight excluding hydrogens is 1230 g/mol. The van der Waals surface area contributed by atoms with Crippen LogP contribution in [-0.4, -0.2) is 210 Å². The molecule has 0 aromatic heterocycles. The van der Waals surface area contributed by atoms with Crippen LogP contribution >= 0.6 is 0 Å². The van der Waals surface area contributed by atoms with E-state index in [2.05, 4.69) is 166 Å². The summed E-state index contributed by atoms with van der Waals surface area (Å²) in [5, 5.41) is 0. The van der Waals surface area contributed by atoms with Crippen LogP contribution in [0.1, 0.15) is 301 Å². The van der Waals surface area contributed by atoms with Gasteiger partial charge in [0, 0.05) is 169 Å². The highest BCUT2D eigenvalue weighted by atomic mass is 15.4. The molecular formula is C94H195N7. The van der Waals surface area contributed by atoms with Gasteiger partial charge in [-0.25, -0.2) is 0 Å². The van der Waals surface area contributed by atoms with Crippen LogP contribution in [0.15, 0.2) is 0 Å². The van der Waals surface area contributed by atoms with Crippen LogP contribution in [0.5, 0.6) is 0 Å². The SMILES string of the molecule is CC1CC(C)C(C)[N+]2(CCCC2)C1C.CC1CC(C)[N+]2(CCCC2)C(C)C1.CC1CC(C)[N+]2(CCCC2)C(C)C1C.CC1CC(C)[N+]2(CCCC2)CC1C.CC1CCC(C)[N+]2(CCCC2)C1C.CC1C[N+]2(CCCC2)C(C)C(C)C1C.CC1C[N+]2(CCCC2)CC(C)C1C.[CH3-].[CH3-].[CH3-].[CH3-].[CH3-].[CH3-].[CH3-]. The molecule has 0 saturated carbocycles. The van der Waals surface area contributed by atoms with Crippen molar-refractivity contribution >= 4 is 0 Å². The van der Waals surface area contributed by atoms with Crippen LogP contribution in [0.4, 0.5) is 0 Å². The van der Waals surface area contributed by atoms with Crippen LogP contribution in [0.2, 0.25) is 0 Å². The lowest BCUT2D eigenvalue weighted by Crippen LogP contribution is -2.64. The minimum Gasteiger partial charge on any atom is -0.358 e. The second-order valence-electron chi connectivity index (χ2n) is 40.0. The Hall–Kier alpha value is -0.280. The van der Waals surface area contributed by atoms with Crippen molar-refractivity contribution in [3.05, 3.63) is 52.0 Å². The molecule has 14 aliphatic heterocycles. The van der Waals surface area contributed by atoms with Crippen LogP contribution < -0.4 is 0 Å². The van der Waals surface area contributed by atoms with Crippen molar-refractivity contribution in [3.8, 4) is 0 Å². The quantitative estimate of drug-likeness (QED) is 0.168. The highest BCUT2D eigenvalue weighted by Crippen LogP contribution is 2.46. The van der Waals surface area contributed by atoms with E-state index in [4.69, 9.17) is 0 Å². The van der Waals surface area contributed by atoms with Gasteiger partial charge in [-0.05, 0) is 118 Å². The average Bonchev–Trinajstić information content (AvgIpc) is 0.856. The standard InChI is InChI=1S/3C13H26N.4C12H24N.7CH3/c1-10-9-14(7-5-6-8-14)13(4)12(3)11(10)2;1-10-9-11(2)14(7-5-6-8-14)13(4)12(10)3;1-10-9-11(2)13(4)14(12(10)3)7-5-6-8-14;1-10-6-7-11(2)13(12(10)3)8-4-5-9-13;1-10-8-13(6-4-5-7-13)9-11(2)12(10)3;1-10-8-12(3)13(9-11(10)2)6-4-5-7-13;1-10-8-11(2)13(12(3)9-10)6-4-5-7-13;;;;;;;/h3*10-13H,5-9H2,1-4H3;4*10-12H,4-9H2,1-3H3;7*1H3/q7*+1;7*-1. The van der Waals surface area contributed by atoms with E-state index in [9.17, 15) is 0 Å². The van der Waals surface area contributed by atoms with Gasteiger partial charge in [0.05, 0.1) is 178 Å². The molecule has 0 aliphatic carbocycles. The first-order chi connectivity index (χ1) is 44.3. The van der Waals surface area contributed by atoms with Crippen molar-refractivity contribution in [3.63, 3.8) is 0 Å². The fourth-order valence-corrected chi connectivity index (χ4v) is 26.8. The molecule has 0 amide bonds. The lowest BCUT2D eigenvalue weighted by Gasteiger charge is -2.53. The van der Waals surface area contributed by atoms with Gasteiger partial charge < -0.3 is 83.4 Å². The Kier molecular flexibility index (Phi) is 40.7. The maximum atomic E-state index is 2.50. The summed E-state index contributed by atoms with van der Waals surface area (Å²) in [6.45, 7) is 85.6. The van der Waals surface area contributed by atoms with Crippen molar-refractivity contribution < 1.29 is 31.4 Å². The lowest BCUT2D eigenvalue weighted by atomic mass is 9.75. The minimum atomic E-state index is 0. The van der Waals surface area contributed by atoms with Gasteiger partial charge in [-0.15, -0.1) is 0 Å². The Balaban J connectivity index is 0.000000583. The summed E-state index contributed by atoms with van der Waals surface area (Å²) < 4.78 is 10.2. The van der Waals surface area contributed by atoms with Crippen molar-refractivity contribution in [1.82, 2.24) is 0 Å². The maximum Gasteiger partial charge on any atom is 0.0892 e. The van der Waals surface area contributed by atoms with Gasteiger partial charge in [0.15, 0.2) is 0 Å². The zero-order valence-corrected chi connectivity index (χ0v) is 75.6. The molecule has 7 nitrogen and oxygen atoms in total. The van der Waals surface area contributed by atoms with Crippen LogP contribution in [0.25, 0.3) is 0 Å². The molecule has 0 N–H and O–H groups in total. The van der Waals surface area contributed by atoms with E-state index in [0.29, 0.717) is 0 Å². The van der Waals surface area contributed by atoms with Gasteiger partial charge in [-0.2, -0.15) is 0 Å². The van der Waals surface area contributed by atoms with Crippen LogP contribution in [0, 0.1) is 135 Å². The highest BCUT2D eigenvalue weighted by molar-refractivity contribution is 4.86. The zero-order valence-electron chi connectivity index (χ0n) is 75.6. The van der Waals surface area contributed by atoms with Gasteiger partial charge in [0.25, 0.3) is 0 Å². The predicted molar refractivity (Wildman–Crippen MR) is 454 cm³/mol. The summed E-state index contributed by atoms with van der Waals surface area (Å²) in [5.41, 5.74) is 0. The van der Waals surface area contributed by atoms with Crippen molar-refractivity contribution in [2.24, 2.45) is 82.9 Å². The van der Waals surface area contributed by atoms with Gasteiger partial charge in [0.1, 0.15) is 0 Å². The molecule has 7 heteroatoms. The number of nitrogens with zero attached hydrogens (tertiary/aromatic N) is 7. The molecule has 101 heavy (non-hydrogen) atoms. The Labute approximate surface area is 641 Å². The van der Waals surface area contributed by atoms with E-state index >= 15 is 0 Å². The molecule has 0 radical (unpaired) electrons. The molecule has 14 rings (SSSR count). The van der Waals surface area contributed by atoms with E-state index in [0.717, 1.165) is 143 Å². The van der Waals surface area contributed by atoms with Gasteiger partial charge in [-0.1, -0.05) is 96.9 Å². The molecule has 0 aromatic carbocycles. The van der Waals surface area contributed by atoms with E-state index in [1.54, 1.807) is 0 Å². The third-order valence-corrected chi connectivity index (χ3v) is 35.3. The molecule has 14 fully saturated rings. The second-order valence-corrected chi connectivity index (χ2v) is 40.0. The number of hydrogen-bond donors (Lipinski definition) is 0. The molecule has 14 saturated heterocycles.